The van der Waals surface area contributed by atoms with Crippen molar-refractivity contribution in [3.8, 4) is 0 Å². The van der Waals surface area contributed by atoms with Crippen LogP contribution < -0.4 is 0 Å². The van der Waals surface area contributed by atoms with E-state index in [2.05, 4.69) is 40.7 Å². The third kappa shape index (κ3) is 3.03. The Morgan fingerprint density at radius 1 is 1.09 bits per heavy atom. The topological polar surface area (TPSA) is 63.6 Å². The van der Waals surface area contributed by atoms with E-state index in [0.29, 0.717) is 36.6 Å². The second-order valence-corrected chi connectivity index (χ2v) is 14.2. The SMILES string of the molecule is CC(C)C(=O)C1(O)C[C@@H]([C@@H]2CC[C@]3(C)C4=CC[C@H]5C(C)(C)C(=O)CC[C@]5(C)[C@H]4CC[C@@]23C)CO1. The van der Waals surface area contributed by atoms with Gasteiger partial charge >= 0.3 is 0 Å². The van der Waals surface area contributed by atoms with E-state index in [1.165, 1.54) is 19.3 Å². The van der Waals surface area contributed by atoms with E-state index in [0.717, 1.165) is 25.7 Å². The molecule has 4 aliphatic carbocycles. The summed E-state index contributed by atoms with van der Waals surface area (Å²) < 4.78 is 5.83. The minimum absolute atomic E-state index is 0.142. The molecule has 0 bridgehead atoms. The zero-order chi connectivity index (χ0) is 24.9. The summed E-state index contributed by atoms with van der Waals surface area (Å²) in [4.78, 5) is 25.5. The van der Waals surface area contributed by atoms with Crippen molar-refractivity contribution in [2.45, 2.75) is 106 Å². The first-order chi connectivity index (χ1) is 15.7. The summed E-state index contributed by atoms with van der Waals surface area (Å²) in [6.07, 6.45) is 10.5. The van der Waals surface area contributed by atoms with Gasteiger partial charge in [-0.2, -0.15) is 0 Å². The highest BCUT2D eigenvalue weighted by atomic mass is 16.6. The zero-order valence-corrected chi connectivity index (χ0v) is 22.5. The molecule has 4 fully saturated rings. The molecule has 4 heteroatoms. The van der Waals surface area contributed by atoms with Crippen LogP contribution in [0.25, 0.3) is 0 Å². The van der Waals surface area contributed by atoms with E-state index in [4.69, 9.17) is 4.74 Å². The van der Waals surface area contributed by atoms with Crippen LogP contribution in [0, 0.1) is 51.2 Å². The van der Waals surface area contributed by atoms with Crippen molar-refractivity contribution >= 4 is 11.6 Å². The van der Waals surface area contributed by atoms with Crippen LogP contribution in [0.15, 0.2) is 11.6 Å². The van der Waals surface area contributed by atoms with Gasteiger partial charge in [-0.1, -0.05) is 60.1 Å². The molecule has 0 amide bonds. The quantitative estimate of drug-likeness (QED) is 0.505. The highest BCUT2D eigenvalue weighted by molar-refractivity contribution is 5.87. The van der Waals surface area contributed by atoms with E-state index >= 15 is 0 Å². The Labute approximate surface area is 206 Å². The molecule has 0 aromatic rings. The largest absolute Gasteiger partial charge is 0.360 e. The van der Waals surface area contributed by atoms with Gasteiger partial charge < -0.3 is 9.84 Å². The first-order valence-corrected chi connectivity index (χ1v) is 13.9. The fraction of sp³-hybridized carbons (Fsp3) is 0.867. The van der Waals surface area contributed by atoms with E-state index in [1.807, 2.05) is 13.8 Å². The molecule has 3 saturated carbocycles. The number of rotatable bonds is 3. The van der Waals surface area contributed by atoms with Crippen LogP contribution in [0.2, 0.25) is 0 Å². The Morgan fingerprint density at radius 3 is 2.47 bits per heavy atom. The number of ether oxygens (including phenoxy) is 1. The van der Waals surface area contributed by atoms with Gasteiger partial charge in [-0.25, -0.2) is 0 Å². The Bertz CT molecular complexity index is 932. The van der Waals surface area contributed by atoms with Crippen molar-refractivity contribution in [1.82, 2.24) is 0 Å². The molecule has 0 radical (unpaired) electrons. The second-order valence-electron chi connectivity index (χ2n) is 14.2. The Hall–Kier alpha value is -1.00. The van der Waals surface area contributed by atoms with Crippen molar-refractivity contribution in [2.75, 3.05) is 6.61 Å². The Balaban J connectivity index is 1.45. The molecule has 1 aliphatic heterocycles. The third-order valence-corrected chi connectivity index (χ3v) is 12.2. The lowest BCUT2D eigenvalue weighted by molar-refractivity contribution is -0.189. The predicted octanol–water partition coefficient (Wildman–Crippen LogP) is 6.11. The first-order valence-electron chi connectivity index (χ1n) is 13.9. The van der Waals surface area contributed by atoms with Crippen LogP contribution in [0.1, 0.15) is 99.8 Å². The number of ketones is 2. The van der Waals surface area contributed by atoms with Crippen LogP contribution >= 0.6 is 0 Å². The maximum absolute atomic E-state index is 12.8. The van der Waals surface area contributed by atoms with Gasteiger partial charge in [0.15, 0.2) is 5.78 Å². The normalized spacial score (nSPS) is 49.9. The minimum Gasteiger partial charge on any atom is -0.360 e. The van der Waals surface area contributed by atoms with Gasteiger partial charge in [0.1, 0.15) is 5.78 Å². The van der Waals surface area contributed by atoms with Gasteiger partial charge in [-0.05, 0) is 78.4 Å². The molecule has 4 nitrogen and oxygen atoms in total. The third-order valence-electron chi connectivity index (χ3n) is 12.2. The molecule has 1 saturated heterocycles. The van der Waals surface area contributed by atoms with Gasteiger partial charge in [-0.15, -0.1) is 0 Å². The van der Waals surface area contributed by atoms with Crippen LogP contribution in [0.4, 0.5) is 0 Å². The van der Waals surface area contributed by atoms with Gasteiger partial charge in [0.05, 0.1) is 6.61 Å². The van der Waals surface area contributed by atoms with Crippen LogP contribution in [-0.2, 0) is 14.3 Å². The number of fused-ring (bicyclic) bond motifs is 5. The van der Waals surface area contributed by atoms with Gasteiger partial charge in [0, 0.05) is 24.2 Å². The molecule has 190 valence electrons. The molecule has 0 aromatic heterocycles. The molecule has 5 rings (SSSR count). The van der Waals surface area contributed by atoms with Gasteiger partial charge in [-0.3, -0.25) is 9.59 Å². The standard InChI is InChI=1S/C30H46O4/c1-18(2)25(32)30(33)16-19(17-34-30)20-10-14-29(7)22-8-9-23-26(3,4)24(31)12-13-27(23,5)21(22)11-15-28(20,29)6/h8,18-21,23,33H,9-17H2,1-7H3/t19-,20+,21+,23+,27-,28+,29-,30?/m1/s1. The molecule has 8 atom stereocenters. The lowest BCUT2D eigenvalue weighted by Gasteiger charge is -2.63. The number of hydrogen-bond acceptors (Lipinski definition) is 4. The Morgan fingerprint density at radius 2 is 1.79 bits per heavy atom. The van der Waals surface area contributed by atoms with Crippen molar-refractivity contribution in [3.63, 3.8) is 0 Å². The highest BCUT2D eigenvalue weighted by Gasteiger charge is 2.66. The number of carbonyl (C=O) groups excluding carboxylic acids is 2. The zero-order valence-electron chi connectivity index (χ0n) is 22.5. The summed E-state index contributed by atoms with van der Waals surface area (Å²) in [5, 5.41) is 11.0. The van der Waals surface area contributed by atoms with E-state index < -0.39 is 5.79 Å². The average molecular weight is 471 g/mol. The lowest BCUT2D eigenvalue weighted by atomic mass is 9.41. The smallest absolute Gasteiger partial charge is 0.227 e. The minimum atomic E-state index is -1.60. The van der Waals surface area contributed by atoms with E-state index in [-0.39, 0.29) is 39.3 Å². The number of aliphatic hydroxyl groups is 1. The first kappa shape index (κ1) is 24.7. The number of carbonyl (C=O) groups is 2. The van der Waals surface area contributed by atoms with E-state index in [1.54, 1.807) is 5.57 Å². The summed E-state index contributed by atoms with van der Waals surface area (Å²) in [5.74, 6) is 0.137. The number of Topliss-reactive ketones (excluding diaryl/α,β-unsaturated/α-hetero) is 2. The van der Waals surface area contributed by atoms with Crippen molar-refractivity contribution in [3.05, 3.63) is 11.6 Å². The molecule has 5 aliphatic rings. The molecule has 34 heavy (non-hydrogen) atoms. The summed E-state index contributed by atoms with van der Waals surface area (Å²) in [6, 6.07) is 0. The van der Waals surface area contributed by atoms with Crippen molar-refractivity contribution < 1.29 is 19.4 Å². The van der Waals surface area contributed by atoms with Crippen LogP contribution in [0.3, 0.4) is 0 Å². The van der Waals surface area contributed by atoms with E-state index in [9.17, 15) is 14.7 Å². The van der Waals surface area contributed by atoms with Crippen molar-refractivity contribution in [1.29, 1.82) is 0 Å². The summed E-state index contributed by atoms with van der Waals surface area (Å²) in [7, 11) is 0. The second kappa shape index (κ2) is 7.51. The molecule has 1 unspecified atom stereocenters. The summed E-state index contributed by atoms with van der Waals surface area (Å²) in [5.41, 5.74) is 1.93. The number of hydrogen-bond donors (Lipinski definition) is 1. The molecule has 1 heterocycles. The lowest BCUT2D eigenvalue weighted by Crippen LogP contribution is -2.57. The summed E-state index contributed by atoms with van der Waals surface area (Å²) >= 11 is 0. The van der Waals surface area contributed by atoms with Gasteiger partial charge in [0.25, 0.3) is 0 Å². The molecule has 1 N–H and O–H groups in total. The molecular weight excluding hydrogens is 424 g/mol. The maximum Gasteiger partial charge on any atom is 0.227 e. The molecular formula is C30H46O4. The fourth-order valence-corrected chi connectivity index (χ4v) is 9.91. The van der Waals surface area contributed by atoms with Crippen LogP contribution in [-0.4, -0.2) is 29.1 Å². The highest BCUT2D eigenvalue weighted by Crippen LogP contribution is 2.73. The van der Waals surface area contributed by atoms with Gasteiger partial charge in [0.2, 0.25) is 5.79 Å². The monoisotopic (exact) mass is 470 g/mol. The fourth-order valence-electron chi connectivity index (χ4n) is 9.91. The molecule has 0 aromatic carbocycles. The molecule has 0 spiro atoms. The Kier molecular flexibility index (Phi) is 5.45. The maximum atomic E-state index is 12.8. The summed E-state index contributed by atoms with van der Waals surface area (Å²) in [6.45, 7) is 16.0. The average Bonchev–Trinajstić information content (AvgIpc) is 3.28. The predicted molar refractivity (Wildman–Crippen MR) is 133 cm³/mol. The van der Waals surface area contributed by atoms with Crippen LogP contribution in [0.5, 0.6) is 0 Å². The number of allylic oxidation sites excluding steroid dienone is 2. The van der Waals surface area contributed by atoms with Crippen molar-refractivity contribution in [2.24, 2.45) is 51.2 Å².